The van der Waals surface area contributed by atoms with E-state index in [-0.39, 0.29) is 0 Å². The molecule has 27 heavy (non-hydrogen) atoms. The highest BCUT2D eigenvalue weighted by atomic mass is 16.5. The zero-order chi connectivity index (χ0) is 19.7. The number of methoxy groups -OCH3 is 1. The molecule has 5 nitrogen and oxygen atoms in total. The molecule has 0 aliphatic heterocycles. The average Bonchev–Trinajstić information content (AvgIpc) is 2.67. The molecule has 0 radical (unpaired) electrons. The van der Waals surface area contributed by atoms with Gasteiger partial charge in [-0.2, -0.15) is 0 Å². The third kappa shape index (κ3) is 6.67. The van der Waals surface area contributed by atoms with E-state index in [9.17, 15) is 5.11 Å². The van der Waals surface area contributed by atoms with Gasteiger partial charge in [0.15, 0.2) is 0 Å². The van der Waals surface area contributed by atoms with Crippen LogP contribution < -0.4 is 10.1 Å². The molecule has 1 aromatic heterocycles. The first-order valence-electron chi connectivity index (χ1n) is 10.1. The molecule has 2 aromatic rings. The number of aromatic nitrogens is 1. The van der Waals surface area contributed by atoms with Crippen LogP contribution in [-0.4, -0.2) is 53.9 Å². The number of rotatable bonds is 12. The van der Waals surface area contributed by atoms with E-state index in [1.807, 2.05) is 31.2 Å². The maximum Gasteiger partial charge on any atom is 0.121 e. The van der Waals surface area contributed by atoms with Crippen molar-refractivity contribution in [2.45, 2.75) is 52.1 Å². The van der Waals surface area contributed by atoms with Gasteiger partial charge in [0.05, 0.1) is 23.9 Å². The van der Waals surface area contributed by atoms with Gasteiger partial charge in [-0.1, -0.05) is 32.8 Å². The van der Waals surface area contributed by atoms with Crippen molar-refractivity contribution in [2.24, 2.45) is 0 Å². The Morgan fingerprint density at radius 2 is 1.89 bits per heavy atom. The fourth-order valence-corrected chi connectivity index (χ4v) is 3.27. The molecule has 0 bridgehead atoms. The highest BCUT2D eigenvalue weighted by Crippen LogP contribution is 2.28. The predicted octanol–water partition coefficient (Wildman–Crippen LogP) is 4.31. The summed E-state index contributed by atoms with van der Waals surface area (Å²) in [6.45, 7) is 9.51. The Hall–Kier alpha value is -1.85. The molecule has 0 amide bonds. The summed E-state index contributed by atoms with van der Waals surface area (Å²) in [5.74, 6) is 0.783. The lowest BCUT2D eigenvalue weighted by Crippen LogP contribution is -2.46. The molecule has 0 saturated heterocycles. The first-order chi connectivity index (χ1) is 13.0. The van der Waals surface area contributed by atoms with E-state index in [2.05, 4.69) is 29.0 Å². The Kier molecular flexibility index (Phi) is 8.32. The molecule has 0 saturated carbocycles. The fraction of sp³-hybridized carbons (Fsp3) is 0.591. The van der Waals surface area contributed by atoms with E-state index >= 15 is 0 Å². The van der Waals surface area contributed by atoms with Gasteiger partial charge in [-0.3, -0.25) is 4.98 Å². The number of benzene rings is 1. The maximum atomic E-state index is 11.0. The van der Waals surface area contributed by atoms with Crippen LogP contribution in [0, 0.1) is 0 Å². The van der Waals surface area contributed by atoms with Crippen molar-refractivity contribution < 1.29 is 9.84 Å². The van der Waals surface area contributed by atoms with Crippen LogP contribution in [0.3, 0.4) is 0 Å². The standard InChI is InChI=1S/C22H35N3O2/c1-5-7-12-25(13-8-6-2)17-22(3,26)16-24-20-15-19(27-4)14-18-10-9-11-23-21(18)20/h9-11,14-15,24,26H,5-8,12-13,16-17H2,1-4H3. The second kappa shape index (κ2) is 10.5. The second-order valence-electron chi connectivity index (χ2n) is 7.58. The van der Waals surface area contributed by atoms with Gasteiger partial charge in [-0.15, -0.1) is 0 Å². The molecule has 0 spiro atoms. The van der Waals surface area contributed by atoms with Crippen molar-refractivity contribution in [3.05, 3.63) is 30.5 Å². The van der Waals surface area contributed by atoms with Crippen molar-refractivity contribution >= 4 is 16.6 Å². The summed E-state index contributed by atoms with van der Waals surface area (Å²) in [7, 11) is 1.66. The molecular formula is C22H35N3O2. The number of hydrogen-bond donors (Lipinski definition) is 2. The summed E-state index contributed by atoms with van der Waals surface area (Å²) >= 11 is 0. The van der Waals surface area contributed by atoms with Crippen LogP contribution in [0.25, 0.3) is 10.9 Å². The number of nitrogens with zero attached hydrogens (tertiary/aromatic N) is 2. The Morgan fingerprint density at radius 1 is 1.19 bits per heavy atom. The molecule has 1 unspecified atom stereocenters. The van der Waals surface area contributed by atoms with E-state index in [1.54, 1.807) is 13.3 Å². The summed E-state index contributed by atoms with van der Waals surface area (Å²) in [5, 5.41) is 15.4. The monoisotopic (exact) mass is 373 g/mol. The lowest BCUT2D eigenvalue weighted by molar-refractivity contribution is 0.0301. The fourth-order valence-electron chi connectivity index (χ4n) is 3.27. The molecule has 0 aliphatic carbocycles. The van der Waals surface area contributed by atoms with Gasteiger partial charge in [0.2, 0.25) is 0 Å². The quantitative estimate of drug-likeness (QED) is 0.581. The van der Waals surface area contributed by atoms with Gasteiger partial charge in [-0.25, -0.2) is 0 Å². The van der Waals surface area contributed by atoms with Crippen molar-refractivity contribution in [2.75, 3.05) is 38.6 Å². The van der Waals surface area contributed by atoms with Crippen LogP contribution in [0.15, 0.2) is 30.5 Å². The Balaban J connectivity index is 2.08. The number of ether oxygens (including phenoxy) is 1. The molecule has 1 aromatic carbocycles. The van der Waals surface area contributed by atoms with Crippen LogP contribution in [0.5, 0.6) is 5.75 Å². The molecule has 1 atom stereocenters. The Labute approximate surface area is 163 Å². The smallest absolute Gasteiger partial charge is 0.121 e. The molecule has 150 valence electrons. The summed E-state index contributed by atoms with van der Waals surface area (Å²) in [4.78, 5) is 6.87. The highest BCUT2D eigenvalue weighted by molar-refractivity contribution is 5.91. The van der Waals surface area contributed by atoms with Gasteiger partial charge >= 0.3 is 0 Å². The summed E-state index contributed by atoms with van der Waals surface area (Å²) < 4.78 is 5.41. The van der Waals surface area contributed by atoms with Gasteiger partial charge in [0.25, 0.3) is 0 Å². The van der Waals surface area contributed by atoms with Crippen LogP contribution >= 0.6 is 0 Å². The highest BCUT2D eigenvalue weighted by Gasteiger charge is 2.24. The van der Waals surface area contributed by atoms with Crippen LogP contribution in [0.4, 0.5) is 5.69 Å². The van der Waals surface area contributed by atoms with Crippen LogP contribution in [0.1, 0.15) is 46.5 Å². The number of pyridine rings is 1. The third-order valence-corrected chi connectivity index (χ3v) is 4.79. The van der Waals surface area contributed by atoms with E-state index in [0.29, 0.717) is 13.1 Å². The van der Waals surface area contributed by atoms with Gasteiger partial charge in [-0.05, 0) is 45.0 Å². The minimum Gasteiger partial charge on any atom is -0.497 e. The molecule has 0 aliphatic rings. The van der Waals surface area contributed by atoms with E-state index in [1.165, 1.54) is 12.8 Å². The number of unbranched alkanes of at least 4 members (excludes halogenated alkanes) is 2. The number of anilines is 1. The lowest BCUT2D eigenvalue weighted by Gasteiger charge is -2.32. The molecular weight excluding hydrogens is 338 g/mol. The lowest BCUT2D eigenvalue weighted by atomic mass is 10.0. The Bertz CT molecular complexity index is 695. The van der Waals surface area contributed by atoms with Crippen LogP contribution in [-0.2, 0) is 0 Å². The van der Waals surface area contributed by atoms with E-state index in [0.717, 1.165) is 48.3 Å². The Morgan fingerprint density at radius 3 is 2.52 bits per heavy atom. The third-order valence-electron chi connectivity index (χ3n) is 4.79. The van der Waals surface area contributed by atoms with E-state index < -0.39 is 5.60 Å². The largest absolute Gasteiger partial charge is 0.497 e. The van der Waals surface area contributed by atoms with E-state index in [4.69, 9.17) is 4.74 Å². The topological polar surface area (TPSA) is 57.6 Å². The molecule has 1 heterocycles. The molecule has 0 fully saturated rings. The number of aliphatic hydroxyl groups is 1. The first kappa shape index (κ1) is 21.5. The number of hydrogen-bond acceptors (Lipinski definition) is 5. The molecule has 2 N–H and O–H groups in total. The normalized spacial score (nSPS) is 13.7. The van der Waals surface area contributed by atoms with Gasteiger partial charge in [0, 0.05) is 30.7 Å². The van der Waals surface area contributed by atoms with Gasteiger partial charge < -0.3 is 20.1 Å². The van der Waals surface area contributed by atoms with Gasteiger partial charge in [0.1, 0.15) is 5.75 Å². The minimum atomic E-state index is -0.828. The minimum absolute atomic E-state index is 0.459. The second-order valence-corrected chi connectivity index (χ2v) is 7.58. The molecule has 2 rings (SSSR count). The summed E-state index contributed by atoms with van der Waals surface area (Å²) in [6.07, 6.45) is 6.46. The zero-order valence-electron chi connectivity index (χ0n) is 17.3. The van der Waals surface area contributed by atoms with Crippen molar-refractivity contribution in [1.29, 1.82) is 0 Å². The number of fused-ring (bicyclic) bond motifs is 1. The van der Waals surface area contributed by atoms with Crippen molar-refractivity contribution in [3.8, 4) is 5.75 Å². The zero-order valence-corrected chi connectivity index (χ0v) is 17.3. The summed E-state index contributed by atoms with van der Waals surface area (Å²) in [5.41, 5.74) is 0.952. The average molecular weight is 374 g/mol. The summed E-state index contributed by atoms with van der Waals surface area (Å²) in [6, 6.07) is 7.85. The SMILES string of the molecule is CCCCN(CCCC)CC(C)(O)CNc1cc(OC)cc2cccnc12. The predicted molar refractivity (Wildman–Crippen MR) is 114 cm³/mol. The maximum absolute atomic E-state index is 11.0. The van der Waals surface area contributed by atoms with Crippen molar-refractivity contribution in [3.63, 3.8) is 0 Å². The van der Waals surface area contributed by atoms with Crippen LogP contribution in [0.2, 0.25) is 0 Å². The molecule has 5 heteroatoms. The first-order valence-corrected chi connectivity index (χ1v) is 10.1. The van der Waals surface area contributed by atoms with Crippen molar-refractivity contribution in [1.82, 2.24) is 9.88 Å². The number of nitrogens with one attached hydrogen (secondary N) is 1.